The van der Waals surface area contributed by atoms with Crippen LogP contribution in [0.25, 0.3) is 0 Å². The second-order valence-corrected chi connectivity index (χ2v) is 7.83. The molecule has 0 amide bonds. The number of hydrogen-bond acceptors (Lipinski definition) is 5. The summed E-state index contributed by atoms with van der Waals surface area (Å²) in [5.41, 5.74) is 5.84. The maximum atomic E-state index is 12.6. The lowest BCUT2D eigenvalue weighted by atomic mass is 9.85. The lowest BCUT2D eigenvalue weighted by Gasteiger charge is -2.31. The number of hydrogen-bond donors (Lipinski definition) is 2. The topological polar surface area (TPSA) is 98.5 Å². The number of carbonyl (C=O) groups is 1. The molecule has 0 aliphatic heterocycles. The second-order valence-electron chi connectivity index (χ2n) is 5.68. The van der Waals surface area contributed by atoms with Crippen LogP contribution in [0.15, 0.2) is 23.1 Å². The molecule has 0 aromatic heterocycles. The quantitative estimate of drug-likeness (QED) is 0.744. The molecule has 2 atom stereocenters. The molecule has 0 radical (unpaired) electrons. The molecule has 0 saturated heterocycles. The van der Waals surface area contributed by atoms with Crippen LogP contribution in [0.1, 0.15) is 36.0 Å². The molecule has 0 heterocycles. The molecular formula is C15H22Cl2N2O4S. The number of halogens is 2. The Hall–Kier alpha value is -0.860. The van der Waals surface area contributed by atoms with E-state index in [-0.39, 0.29) is 39.8 Å². The largest absolute Gasteiger partial charge is 0.465 e. The maximum absolute atomic E-state index is 12.6. The van der Waals surface area contributed by atoms with E-state index in [0.717, 1.165) is 25.7 Å². The van der Waals surface area contributed by atoms with E-state index in [1.807, 2.05) is 0 Å². The van der Waals surface area contributed by atoms with E-state index in [2.05, 4.69) is 9.46 Å². The van der Waals surface area contributed by atoms with Crippen molar-refractivity contribution in [2.24, 2.45) is 11.7 Å². The van der Waals surface area contributed by atoms with Crippen molar-refractivity contribution in [1.29, 1.82) is 0 Å². The van der Waals surface area contributed by atoms with Crippen LogP contribution in [-0.2, 0) is 14.8 Å². The summed E-state index contributed by atoms with van der Waals surface area (Å²) in [6.07, 6.45) is 3.69. The summed E-state index contributed by atoms with van der Waals surface area (Å²) in [5.74, 6) is -0.515. The molecular weight excluding hydrogens is 375 g/mol. The summed E-state index contributed by atoms with van der Waals surface area (Å²) >= 11 is 5.94. The molecule has 24 heavy (non-hydrogen) atoms. The van der Waals surface area contributed by atoms with E-state index in [0.29, 0.717) is 6.54 Å². The summed E-state index contributed by atoms with van der Waals surface area (Å²) in [5, 5.41) is 0.160. The van der Waals surface area contributed by atoms with E-state index in [4.69, 9.17) is 17.3 Å². The fourth-order valence-electron chi connectivity index (χ4n) is 2.87. The average Bonchev–Trinajstić information content (AvgIpc) is 2.53. The van der Waals surface area contributed by atoms with Crippen molar-refractivity contribution in [2.75, 3.05) is 13.7 Å². The molecule has 1 aromatic carbocycles. The molecule has 1 fully saturated rings. The lowest BCUT2D eigenvalue weighted by molar-refractivity contribution is 0.0600. The van der Waals surface area contributed by atoms with E-state index in [9.17, 15) is 13.2 Å². The van der Waals surface area contributed by atoms with Crippen molar-refractivity contribution in [3.8, 4) is 0 Å². The van der Waals surface area contributed by atoms with Crippen molar-refractivity contribution in [1.82, 2.24) is 4.72 Å². The van der Waals surface area contributed by atoms with E-state index in [1.54, 1.807) is 0 Å². The van der Waals surface area contributed by atoms with Gasteiger partial charge in [0.25, 0.3) is 0 Å². The lowest BCUT2D eigenvalue weighted by Crippen LogP contribution is -2.44. The predicted molar refractivity (Wildman–Crippen MR) is 95.2 cm³/mol. The smallest absolute Gasteiger partial charge is 0.337 e. The van der Waals surface area contributed by atoms with Crippen molar-refractivity contribution in [3.05, 3.63) is 28.8 Å². The minimum Gasteiger partial charge on any atom is -0.465 e. The van der Waals surface area contributed by atoms with Gasteiger partial charge >= 0.3 is 5.97 Å². The number of sulfonamides is 1. The summed E-state index contributed by atoms with van der Waals surface area (Å²) in [7, 11) is -2.56. The molecule has 3 N–H and O–H groups in total. The first-order valence-corrected chi connectivity index (χ1v) is 9.35. The molecule has 6 nitrogen and oxygen atoms in total. The van der Waals surface area contributed by atoms with Crippen LogP contribution in [0.5, 0.6) is 0 Å². The van der Waals surface area contributed by atoms with Gasteiger partial charge < -0.3 is 10.5 Å². The Morgan fingerprint density at radius 3 is 2.62 bits per heavy atom. The molecule has 2 rings (SSSR count). The van der Waals surface area contributed by atoms with Gasteiger partial charge in [0, 0.05) is 11.1 Å². The number of carbonyl (C=O) groups excluding carboxylic acids is 1. The fourth-order valence-corrected chi connectivity index (χ4v) is 4.57. The maximum Gasteiger partial charge on any atom is 0.337 e. The van der Waals surface area contributed by atoms with Crippen LogP contribution < -0.4 is 10.5 Å². The van der Waals surface area contributed by atoms with Gasteiger partial charge in [-0.25, -0.2) is 17.9 Å². The summed E-state index contributed by atoms with van der Waals surface area (Å²) in [4.78, 5) is 11.6. The Kier molecular flexibility index (Phi) is 7.95. The summed E-state index contributed by atoms with van der Waals surface area (Å²) < 4.78 is 32.5. The summed E-state index contributed by atoms with van der Waals surface area (Å²) in [6, 6.07) is 3.76. The van der Waals surface area contributed by atoms with E-state index in [1.165, 1.54) is 25.3 Å². The van der Waals surface area contributed by atoms with Gasteiger partial charge in [-0.15, -0.1) is 12.4 Å². The molecule has 2 unspecified atom stereocenters. The van der Waals surface area contributed by atoms with Gasteiger partial charge in [-0.1, -0.05) is 24.4 Å². The van der Waals surface area contributed by atoms with Crippen molar-refractivity contribution >= 4 is 40.0 Å². The Balaban J connectivity index is 0.00000288. The fraction of sp³-hybridized carbons (Fsp3) is 0.533. The number of nitrogens with two attached hydrogens (primary N) is 1. The minimum absolute atomic E-state index is 0. The third-order valence-electron chi connectivity index (χ3n) is 4.12. The highest BCUT2D eigenvalue weighted by Crippen LogP contribution is 2.26. The van der Waals surface area contributed by atoms with Crippen molar-refractivity contribution in [3.63, 3.8) is 0 Å². The summed E-state index contributed by atoms with van der Waals surface area (Å²) in [6.45, 7) is 0.441. The SMILES string of the molecule is COC(=O)c1cc(Cl)cc(S(=O)(=O)NC2CCCCC2CN)c1.Cl. The molecule has 136 valence electrons. The molecule has 9 heteroatoms. The highest BCUT2D eigenvalue weighted by atomic mass is 35.5. The van der Waals surface area contributed by atoms with Crippen LogP contribution >= 0.6 is 24.0 Å². The van der Waals surface area contributed by atoms with Crippen LogP contribution in [0, 0.1) is 5.92 Å². The second kappa shape index (κ2) is 9.01. The number of methoxy groups -OCH3 is 1. The molecule has 0 bridgehead atoms. The molecule has 1 aliphatic rings. The van der Waals surface area contributed by atoms with Gasteiger partial charge in [0.2, 0.25) is 10.0 Å². The van der Waals surface area contributed by atoms with E-state index >= 15 is 0 Å². The van der Waals surface area contributed by atoms with Gasteiger partial charge in [0.15, 0.2) is 0 Å². The number of benzene rings is 1. The highest BCUT2D eigenvalue weighted by Gasteiger charge is 2.29. The Morgan fingerprint density at radius 1 is 1.33 bits per heavy atom. The van der Waals surface area contributed by atoms with Crippen LogP contribution in [0.2, 0.25) is 5.02 Å². The number of esters is 1. The van der Waals surface area contributed by atoms with Gasteiger partial charge in [-0.2, -0.15) is 0 Å². The van der Waals surface area contributed by atoms with Crippen LogP contribution in [0.4, 0.5) is 0 Å². The highest BCUT2D eigenvalue weighted by molar-refractivity contribution is 7.89. The Morgan fingerprint density at radius 2 is 2.00 bits per heavy atom. The van der Waals surface area contributed by atoms with E-state index < -0.39 is 16.0 Å². The number of nitrogens with one attached hydrogen (secondary N) is 1. The first-order chi connectivity index (χ1) is 10.9. The standard InChI is InChI=1S/C15H21ClN2O4S.ClH/c1-22-15(19)11-6-12(16)8-13(7-11)23(20,21)18-14-5-3-2-4-10(14)9-17;/h6-8,10,14,18H,2-5,9,17H2,1H3;1H. The zero-order valence-electron chi connectivity index (χ0n) is 13.3. The Labute approximate surface area is 153 Å². The normalized spacial score (nSPS) is 21.0. The molecule has 1 aromatic rings. The van der Waals surface area contributed by atoms with Gasteiger partial charge in [-0.05, 0) is 43.5 Å². The Bertz CT molecular complexity index is 682. The van der Waals surface area contributed by atoms with Crippen LogP contribution in [0.3, 0.4) is 0 Å². The number of rotatable bonds is 5. The first-order valence-electron chi connectivity index (χ1n) is 7.48. The third kappa shape index (κ3) is 5.07. The molecule has 1 saturated carbocycles. The van der Waals surface area contributed by atoms with Gasteiger partial charge in [-0.3, -0.25) is 0 Å². The zero-order valence-corrected chi connectivity index (χ0v) is 15.7. The number of ether oxygens (including phenoxy) is 1. The van der Waals surface area contributed by atoms with Crippen LogP contribution in [-0.4, -0.2) is 34.1 Å². The minimum atomic E-state index is -3.79. The van der Waals surface area contributed by atoms with Crippen molar-refractivity contribution in [2.45, 2.75) is 36.6 Å². The molecule has 0 spiro atoms. The zero-order chi connectivity index (χ0) is 17.0. The van der Waals surface area contributed by atoms with Crippen molar-refractivity contribution < 1.29 is 17.9 Å². The predicted octanol–water partition coefficient (Wildman–Crippen LogP) is 2.34. The monoisotopic (exact) mass is 396 g/mol. The first kappa shape index (κ1) is 21.2. The molecule has 1 aliphatic carbocycles. The van der Waals surface area contributed by atoms with Gasteiger partial charge in [0.05, 0.1) is 17.6 Å². The third-order valence-corrected chi connectivity index (χ3v) is 5.81. The van der Waals surface area contributed by atoms with Gasteiger partial charge in [0.1, 0.15) is 0 Å². The average molecular weight is 397 g/mol.